The number of rotatable bonds is 7. The van der Waals surface area contributed by atoms with E-state index in [0.29, 0.717) is 46.8 Å². The SMILES string of the molecule is N#Cc1cc(N2C[C@@H]3C[C@H](C[C@@H]4CCCC[C@H]4Nc4ncc(-c5ccc(OC(F)(F)F)cc5)o4)[C@H]2C3)ncn1. The van der Waals surface area contributed by atoms with E-state index < -0.39 is 6.36 Å². The van der Waals surface area contributed by atoms with Crippen molar-refractivity contribution < 1.29 is 22.3 Å². The third kappa shape index (κ3) is 5.65. The Bertz CT molecular complexity index is 1340. The van der Waals surface area contributed by atoms with Gasteiger partial charge in [0, 0.05) is 30.3 Å². The zero-order chi connectivity index (χ0) is 27.0. The van der Waals surface area contributed by atoms with Gasteiger partial charge < -0.3 is 19.4 Å². The summed E-state index contributed by atoms with van der Waals surface area (Å²) in [5, 5.41) is 12.8. The van der Waals surface area contributed by atoms with Gasteiger partial charge in [-0.25, -0.2) is 15.0 Å². The van der Waals surface area contributed by atoms with E-state index in [1.165, 1.54) is 43.4 Å². The van der Waals surface area contributed by atoms with Crippen LogP contribution < -0.4 is 15.0 Å². The molecule has 1 N–H and O–H groups in total. The molecule has 8 nitrogen and oxygen atoms in total. The van der Waals surface area contributed by atoms with E-state index in [-0.39, 0.29) is 11.8 Å². The summed E-state index contributed by atoms with van der Waals surface area (Å²) in [6.07, 6.45) is 6.36. The second-order valence-electron chi connectivity index (χ2n) is 10.8. The minimum absolute atomic E-state index is 0.240. The van der Waals surface area contributed by atoms with Gasteiger partial charge in [-0.05, 0) is 74.1 Å². The first-order valence-electron chi connectivity index (χ1n) is 13.4. The topological polar surface area (TPSA) is 100 Å². The number of aromatic nitrogens is 3. The second kappa shape index (κ2) is 10.4. The summed E-state index contributed by atoms with van der Waals surface area (Å²) < 4.78 is 47.2. The summed E-state index contributed by atoms with van der Waals surface area (Å²) in [6, 6.07) is 10.6. The average molecular weight is 539 g/mol. The Morgan fingerprint density at radius 3 is 2.67 bits per heavy atom. The molecule has 3 fully saturated rings. The van der Waals surface area contributed by atoms with Crippen LogP contribution in [-0.2, 0) is 0 Å². The fourth-order valence-corrected chi connectivity index (χ4v) is 6.76. The maximum atomic E-state index is 12.4. The van der Waals surface area contributed by atoms with Gasteiger partial charge in [0.2, 0.25) is 0 Å². The molecule has 0 unspecified atom stereocenters. The molecule has 3 heterocycles. The number of hydrogen-bond acceptors (Lipinski definition) is 8. The molecular weight excluding hydrogens is 509 g/mol. The Balaban J connectivity index is 1.10. The van der Waals surface area contributed by atoms with Crippen LogP contribution in [0.4, 0.5) is 25.0 Å². The fraction of sp³-hybridized carbons (Fsp3) is 0.500. The first-order chi connectivity index (χ1) is 18.8. The molecule has 6 rings (SSSR count). The molecule has 3 aliphatic rings. The molecule has 2 saturated carbocycles. The van der Waals surface area contributed by atoms with Crippen molar-refractivity contribution in [1.82, 2.24) is 15.0 Å². The fourth-order valence-electron chi connectivity index (χ4n) is 6.76. The molecule has 0 radical (unpaired) electrons. The van der Waals surface area contributed by atoms with Gasteiger partial charge in [-0.2, -0.15) is 5.26 Å². The average Bonchev–Trinajstić information content (AvgIpc) is 3.66. The van der Waals surface area contributed by atoms with Crippen molar-refractivity contribution in [2.45, 2.75) is 63.4 Å². The standard InChI is InChI=1S/C28H29F3N6O2/c29-28(30,31)39-22-7-5-18(6-8-22)25-14-33-27(38-25)36-23-4-2-1-3-19(23)11-20-9-17-10-24(20)37(15-17)26-12-21(13-32)34-16-35-26/h5-8,12,14,16-17,19-20,23-24H,1-4,9-11,15H2,(H,33,36)/t17-,19+,20-,23-,24-/m1/s1. The number of oxazole rings is 1. The molecule has 0 amide bonds. The lowest BCUT2D eigenvalue weighted by atomic mass is 9.77. The summed E-state index contributed by atoms with van der Waals surface area (Å²) in [5.41, 5.74) is 1.02. The minimum Gasteiger partial charge on any atom is -0.424 e. The van der Waals surface area contributed by atoms with Gasteiger partial charge >= 0.3 is 6.36 Å². The monoisotopic (exact) mass is 538 g/mol. The van der Waals surface area contributed by atoms with E-state index >= 15 is 0 Å². The lowest BCUT2D eigenvalue weighted by Gasteiger charge is -2.39. The number of benzene rings is 1. The Hall–Kier alpha value is -3.81. The van der Waals surface area contributed by atoms with Crippen LogP contribution in [0, 0.1) is 29.1 Å². The molecule has 1 aliphatic heterocycles. The van der Waals surface area contributed by atoms with Crippen LogP contribution in [-0.4, -0.2) is 39.9 Å². The van der Waals surface area contributed by atoms with Gasteiger partial charge in [0.15, 0.2) is 5.76 Å². The number of alkyl halides is 3. The summed E-state index contributed by atoms with van der Waals surface area (Å²) >= 11 is 0. The highest BCUT2D eigenvalue weighted by Gasteiger charge is 2.46. The van der Waals surface area contributed by atoms with Crippen LogP contribution in [0.2, 0.25) is 0 Å². The number of ether oxygens (including phenoxy) is 1. The second-order valence-corrected chi connectivity index (χ2v) is 10.8. The van der Waals surface area contributed by atoms with Crippen molar-refractivity contribution in [3.05, 3.63) is 48.5 Å². The van der Waals surface area contributed by atoms with Crippen molar-refractivity contribution in [3.63, 3.8) is 0 Å². The number of nitrogens with one attached hydrogen (secondary N) is 1. The first-order valence-corrected chi connectivity index (χ1v) is 13.4. The van der Waals surface area contributed by atoms with Gasteiger partial charge in [0.1, 0.15) is 29.7 Å². The zero-order valence-corrected chi connectivity index (χ0v) is 21.3. The number of anilines is 2. The molecular formula is C28H29F3N6O2. The third-order valence-electron chi connectivity index (χ3n) is 8.37. The number of nitriles is 1. The van der Waals surface area contributed by atoms with Crippen LogP contribution in [0.5, 0.6) is 5.75 Å². The largest absolute Gasteiger partial charge is 0.573 e. The highest BCUT2D eigenvalue weighted by Crippen LogP contribution is 2.47. The lowest BCUT2D eigenvalue weighted by Crippen LogP contribution is -2.41. The Kier molecular flexibility index (Phi) is 6.79. The van der Waals surface area contributed by atoms with Gasteiger partial charge in [-0.1, -0.05) is 12.8 Å². The van der Waals surface area contributed by atoms with E-state index in [2.05, 4.69) is 36.0 Å². The van der Waals surface area contributed by atoms with Gasteiger partial charge in [0.25, 0.3) is 6.01 Å². The van der Waals surface area contributed by atoms with Crippen molar-refractivity contribution in [2.75, 3.05) is 16.8 Å². The van der Waals surface area contributed by atoms with Crippen LogP contribution in [0.25, 0.3) is 11.3 Å². The maximum absolute atomic E-state index is 12.4. The predicted octanol–water partition coefficient (Wildman–Crippen LogP) is 6.18. The molecule has 39 heavy (non-hydrogen) atoms. The number of fused-ring (bicyclic) bond motifs is 2. The number of piperidine rings is 1. The molecule has 1 saturated heterocycles. The third-order valence-corrected chi connectivity index (χ3v) is 8.37. The van der Waals surface area contributed by atoms with E-state index in [9.17, 15) is 18.4 Å². The van der Waals surface area contributed by atoms with Crippen molar-refractivity contribution in [2.24, 2.45) is 17.8 Å². The zero-order valence-electron chi connectivity index (χ0n) is 21.3. The lowest BCUT2D eigenvalue weighted by molar-refractivity contribution is -0.274. The quantitative estimate of drug-likeness (QED) is 0.381. The maximum Gasteiger partial charge on any atom is 0.573 e. The van der Waals surface area contributed by atoms with E-state index in [4.69, 9.17) is 4.42 Å². The molecule has 5 atom stereocenters. The minimum atomic E-state index is -4.73. The normalized spacial score (nSPS) is 26.4. The van der Waals surface area contributed by atoms with Gasteiger partial charge in [-0.15, -0.1) is 13.2 Å². The van der Waals surface area contributed by atoms with Gasteiger partial charge in [0.05, 0.1) is 6.20 Å². The molecule has 2 bridgehead atoms. The molecule has 2 aromatic heterocycles. The van der Waals surface area contributed by atoms with Crippen LogP contribution in [0.15, 0.2) is 47.3 Å². The molecule has 204 valence electrons. The number of hydrogen-bond donors (Lipinski definition) is 1. The van der Waals surface area contributed by atoms with E-state index in [0.717, 1.165) is 44.5 Å². The molecule has 11 heteroatoms. The highest BCUT2D eigenvalue weighted by molar-refractivity contribution is 5.58. The molecule has 2 aliphatic carbocycles. The number of nitrogens with zero attached hydrogens (tertiary/aromatic N) is 5. The van der Waals surface area contributed by atoms with E-state index in [1.807, 2.05) is 0 Å². The van der Waals surface area contributed by atoms with Crippen molar-refractivity contribution in [3.8, 4) is 23.1 Å². The summed E-state index contributed by atoms with van der Waals surface area (Å²) in [5.74, 6) is 2.75. The Labute approximate surface area is 224 Å². The smallest absolute Gasteiger partial charge is 0.424 e. The van der Waals surface area contributed by atoms with Gasteiger partial charge in [-0.3, -0.25) is 0 Å². The van der Waals surface area contributed by atoms with Crippen molar-refractivity contribution >= 4 is 11.8 Å². The summed E-state index contributed by atoms with van der Waals surface area (Å²) in [4.78, 5) is 15.3. The summed E-state index contributed by atoms with van der Waals surface area (Å²) in [6.45, 7) is 0.984. The van der Waals surface area contributed by atoms with E-state index in [1.54, 1.807) is 12.3 Å². The molecule has 0 spiro atoms. The van der Waals surface area contributed by atoms with Crippen LogP contribution in [0.1, 0.15) is 50.6 Å². The highest BCUT2D eigenvalue weighted by atomic mass is 19.4. The number of halogens is 3. The van der Waals surface area contributed by atoms with Crippen LogP contribution >= 0.6 is 0 Å². The Morgan fingerprint density at radius 1 is 1.08 bits per heavy atom. The summed E-state index contributed by atoms with van der Waals surface area (Å²) in [7, 11) is 0. The molecule has 1 aromatic carbocycles. The predicted molar refractivity (Wildman–Crippen MR) is 137 cm³/mol. The van der Waals surface area contributed by atoms with Crippen LogP contribution in [0.3, 0.4) is 0 Å². The molecule has 3 aromatic rings. The first kappa shape index (κ1) is 25.5. The Morgan fingerprint density at radius 2 is 1.90 bits per heavy atom. The van der Waals surface area contributed by atoms with Crippen molar-refractivity contribution in [1.29, 1.82) is 5.26 Å².